The predicted molar refractivity (Wildman–Crippen MR) is 98.1 cm³/mol. The molecule has 3 rings (SSSR count). The molecule has 0 spiro atoms. The number of rotatable bonds is 5. The maximum Gasteiger partial charge on any atom is 0.416 e. The number of hydrogen-bond donors (Lipinski definition) is 2. The van der Waals surface area contributed by atoms with Crippen LogP contribution in [0.2, 0.25) is 0 Å². The van der Waals surface area contributed by atoms with Gasteiger partial charge in [-0.3, -0.25) is 9.89 Å². The molecule has 0 fully saturated rings. The van der Waals surface area contributed by atoms with E-state index in [1.165, 1.54) is 19.2 Å². The zero-order chi connectivity index (χ0) is 23.7. The third-order valence-electron chi connectivity index (χ3n) is 4.36. The van der Waals surface area contributed by atoms with E-state index in [9.17, 15) is 35.5 Å². The van der Waals surface area contributed by atoms with Gasteiger partial charge in [0.25, 0.3) is 5.91 Å². The van der Waals surface area contributed by atoms with Gasteiger partial charge in [-0.25, -0.2) is 4.39 Å². The summed E-state index contributed by atoms with van der Waals surface area (Å²) in [6, 6.07) is 5.95. The van der Waals surface area contributed by atoms with Crippen LogP contribution < -0.4 is 10.1 Å². The maximum absolute atomic E-state index is 13.3. The summed E-state index contributed by atoms with van der Waals surface area (Å²) in [5, 5.41) is 8.55. The third kappa shape index (κ3) is 5.18. The maximum atomic E-state index is 13.3. The molecule has 0 saturated carbocycles. The molecule has 1 amide bonds. The third-order valence-corrected chi connectivity index (χ3v) is 4.36. The average molecular weight is 461 g/mol. The number of aromatic nitrogens is 2. The first kappa shape index (κ1) is 23.1. The summed E-state index contributed by atoms with van der Waals surface area (Å²) in [5.74, 6) is -1.23. The lowest BCUT2D eigenvalue weighted by Crippen LogP contribution is -2.24. The van der Waals surface area contributed by atoms with Gasteiger partial charge in [0.15, 0.2) is 0 Å². The quantitative estimate of drug-likeness (QED) is 0.514. The predicted octanol–water partition coefficient (Wildman–Crippen LogP) is 5.19. The fraction of sp³-hybridized carbons (Fsp3) is 0.200. The molecule has 12 heteroatoms. The smallest absolute Gasteiger partial charge is 0.416 e. The second-order valence-corrected chi connectivity index (χ2v) is 6.61. The summed E-state index contributed by atoms with van der Waals surface area (Å²) in [6.07, 6.45) is -9.99. The number of carbonyl (C=O) groups excluding carboxylic acids is 1. The van der Waals surface area contributed by atoms with Gasteiger partial charge < -0.3 is 10.1 Å². The van der Waals surface area contributed by atoms with Gasteiger partial charge in [-0.05, 0) is 42.0 Å². The fourth-order valence-corrected chi connectivity index (χ4v) is 2.85. The molecule has 0 atom stereocenters. The van der Waals surface area contributed by atoms with Crippen molar-refractivity contribution in [3.8, 4) is 17.0 Å². The van der Waals surface area contributed by atoms with Crippen LogP contribution in [0.3, 0.4) is 0 Å². The molecular weight excluding hydrogens is 447 g/mol. The van der Waals surface area contributed by atoms with Crippen LogP contribution in [0.5, 0.6) is 5.75 Å². The van der Waals surface area contributed by atoms with Gasteiger partial charge in [-0.2, -0.15) is 31.4 Å². The molecule has 2 N–H and O–H groups in total. The molecule has 5 nitrogen and oxygen atoms in total. The average Bonchev–Trinajstić information content (AvgIpc) is 3.20. The highest BCUT2D eigenvalue weighted by Gasteiger charge is 2.36. The number of hydrogen-bond acceptors (Lipinski definition) is 3. The largest absolute Gasteiger partial charge is 0.496 e. The minimum absolute atomic E-state index is 0.00255. The van der Waals surface area contributed by atoms with E-state index in [1.54, 1.807) is 0 Å². The number of amides is 1. The van der Waals surface area contributed by atoms with Gasteiger partial charge >= 0.3 is 12.4 Å². The van der Waals surface area contributed by atoms with Gasteiger partial charge in [0.05, 0.1) is 23.9 Å². The van der Waals surface area contributed by atoms with Crippen LogP contribution in [0.15, 0.2) is 42.5 Å². The van der Waals surface area contributed by atoms with Crippen LogP contribution in [0.1, 0.15) is 27.2 Å². The molecule has 0 unspecified atom stereocenters. The number of nitrogens with one attached hydrogen (secondary N) is 2. The van der Waals surface area contributed by atoms with Crippen LogP contribution in [0.4, 0.5) is 30.7 Å². The van der Waals surface area contributed by atoms with Crippen molar-refractivity contribution in [3.63, 3.8) is 0 Å². The summed E-state index contributed by atoms with van der Waals surface area (Å²) >= 11 is 0. The van der Waals surface area contributed by atoms with Crippen molar-refractivity contribution in [2.75, 3.05) is 7.11 Å². The molecule has 3 aromatic rings. The second-order valence-electron chi connectivity index (χ2n) is 6.61. The Morgan fingerprint density at radius 2 is 1.62 bits per heavy atom. The van der Waals surface area contributed by atoms with E-state index in [0.717, 1.165) is 12.1 Å². The number of halogens is 7. The highest BCUT2D eigenvalue weighted by atomic mass is 19.4. The first-order chi connectivity index (χ1) is 14.9. The summed E-state index contributed by atoms with van der Waals surface area (Å²) in [4.78, 5) is 12.3. The van der Waals surface area contributed by atoms with Gasteiger partial charge in [-0.1, -0.05) is 0 Å². The Balaban J connectivity index is 1.80. The van der Waals surface area contributed by atoms with Crippen molar-refractivity contribution < 1.29 is 40.3 Å². The highest BCUT2D eigenvalue weighted by Crippen LogP contribution is 2.36. The topological polar surface area (TPSA) is 67.0 Å². The minimum atomic E-state index is -4.99. The van der Waals surface area contributed by atoms with E-state index in [4.69, 9.17) is 4.74 Å². The van der Waals surface area contributed by atoms with Crippen molar-refractivity contribution in [1.29, 1.82) is 0 Å². The van der Waals surface area contributed by atoms with E-state index in [1.807, 2.05) is 0 Å². The van der Waals surface area contributed by atoms with Gasteiger partial charge in [0.1, 0.15) is 17.3 Å². The van der Waals surface area contributed by atoms with E-state index in [-0.39, 0.29) is 28.8 Å². The molecule has 170 valence electrons. The number of H-pyrrole nitrogens is 1. The Hall–Kier alpha value is -3.57. The van der Waals surface area contributed by atoms with Gasteiger partial charge in [0.2, 0.25) is 0 Å². The molecular formula is C20H14F7N3O2. The monoisotopic (exact) mass is 461 g/mol. The standard InChI is InChI=1S/C20H14F7N3O2/c1-32-17-7-13(21)2-3-14(17)15-8-16(30-29-15)18(31)28-9-10-4-11(19(22,23)24)6-12(5-10)20(25,26)27/h2-8H,9H2,1H3,(H,28,31)(H,29,30). The molecule has 32 heavy (non-hydrogen) atoms. The first-order valence-corrected chi connectivity index (χ1v) is 8.84. The van der Waals surface area contributed by atoms with E-state index in [2.05, 4.69) is 15.5 Å². The Morgan fingerprint density at radius 3 is 2.19 bits per heavy atom. The van der Waals surface area contributed by atoms with Crippen molar-refractivity contribution in [2.24, 2.45) is 0 Å². The van der Waals surface area contributed by atoms with Crippen LogP contribution in [0, 0.1) is 5.82 Å². The molecule has 0 radical (unpaired) electrons. The molecule has 0 aliphatic carbocycles. The lowest BCUT2D eigenvalue weighted by molar-refractivity contribution is -0.143. The molecule has 1 aromatic heterocycles. The number of ether oxygens (including phenoxy) is 1. The second kappa shape index (κ2) is 8.52. The number of alkyl halides is 6. The Morgan fingerprint density at radius 1 is 1.00 bits per heavy atom. The van der Waals surface area contributed by atoms with E-state index in [0.29, 0.717) is 17.7 Å². The van der Waals surface area contributed by atoms with Crippen molar-refractivity contribution >= 4 is 5.91 Å². The van der Waals surface area contributed by atoms with Gasteiger partial charge in [0, 0.05) is 18.2 Å². The minimum Gasteiger partial charge on any atom is -0.496 e. The van der Waals surface area contributed by atoms with Crippen molar-refractivity contribution in [1.82, 2.24) is 15.5 Å². The van der Waals surface area contributed by atoms with Crippen molar-refractivity contribution in [2.45, 2.75) is 18.9 Å². The Kier molecular flexibility index (Phi) is 6.15. The molecule has 0 bridgehead atoms. The first-order valence-electron chi connectivity index (χ1n) is 8.84. The highest BCUT2D eigenvalue weighted by molar-refractivity contribution is 5.93. The van der Waals surface area contributed by atoms with Gasteiger partial charge in [-0.15, -0.1) is 0 Å². The summed E-state index contributed by atoms with van der Waals surface area (Å²) in [7, 11) is 1.31. The normalized spacial score (nSPS) is 12.0. The zero-order valence-corrected chi connectivity index (χ0v) is 16.2. The van der Waals surface area contributed by atoms with Crippen LogP contribution >= 0.6 is 0 Å². The number of carbonyl (C=O) groups is 1. The Labute approximate surface area is 176 Å². The fourth-order valence-electron chi connectivity index (χ4n) is 2.85. The number of aromatic amines is 1. The summed E-state index contributed by atoms with van der Waals surface area (Å²) in [5.41, 5.74) is -2.90. The molecule has 1 heterocycles. The molecule has 2 aromatic carbocycles. The number of nitrogens with zero attached hydrogens (tertiary/aromatic N) is 1. The van der Waals surface area contributed by atoms with E-state index < -0.39 is 41.7 Å². The number of benzene rings is 2. The zero-order valence-electron chi connectivity index (χ0n) is 16.2. The van der Waals surface area contributed by atoms with Crippen molar-refractivity contribution in [3.05, 3.63) is 70.7 Å². The van der Waals surface area contributed by atoms with Crippen LogP contribution in [-0.4, -0.2) is 23.2 Å². The van der Waals surface area contributed by atoms with Crippen LogP contribution in [0.25, 0.3) is 11.3 Å². The SMILES string of the molecule is COc1cc(F)ccc1-c1cc(C(=O)NCc2cc(C(F)(F)F)cc(C(F)(F)F)c2)[nH]n1. The van der Waals surface area contributed by atoms with E-state index >= 15 is 0 Å². The molecule has 0 aliphatic rings. The molecule has 0 aliphatic heterocycles. The summed E-state index contributed by atoms with van der Waals surface area (Å²) < 4.78 is 96.1. The molecule has 0 saturated heterocycles. The lowest BCUT2D eigenvalue weighted by atomic mass is 10.0. The number of methoxy groups -OCH3 is 1. The lowest BCUT2D eigenvalue weighted by Gasteiger charge is -2.14. The van der Waals surface area contributed by atoms with Crippen LogP contribution in [-0.2, 0) is 18.9 Å². The Bertz CT molecular complexity index is 1100. The summed E-state index contributed by atoms with van der Waals surface area (Å²) in [6.45, 7) is -0.597.